The molecule has 4 aromatic rings. The molecular weight excluding hydrogens is 418 g/mol. The number of pyridine rings is 1. The Hall–Kier alpha value is -2.67. The van der Waals surface area contributed by atoms with E-state index in [1.165, 1.54) is 0 Å². The number of aromatic nitrogens is 2. The zero-order valence-corrected chi connectivity index (χ0v) is 20.0. The van der Waals surface area contributed by atoms with Crippen LogP contribution in [0.4, 0.5) is 0 Å². The third kappa shape index (κ3) is 4.72. The fourth-order valence-electron chi connectivity index (χ4n) is 3.70. The van der Waals surface area contributed by atoms with E-state index in [1.807, 2.05) is 76.2 Å². The smallest absolute Gasteiger partial charge is 0.167 e. The lowest BCUT2D eigenvalue weighted by Gasteiger charge is -2.29. The van der Waals surface area contributed by atoms with Crippen molar-refractivity contribution in [3.63, 3.8) is 0 Å². The summed E-state index contributed by atoms with van der Waals surface area (Å²) < 4.78 is 21.7. The van der Waals surface area contributed by atoms with Gasteiger partial charge in [0.25, 0.3) is 0 Å². The summed E-state index contributed by atoms with van der Waals surface area (Å²) in [6.07, 6.45) is 0.613. The number of hydrogen-bond donors (Lipinski definition) is 1. The van der Waals surface area contributed by atoms with Crippen molar-refractivity contribution in [2.75, 3.05) is 0 Å². The highest BCUT2D eigenvalue weighted by atomic mass is 32.2. The third-order valence-electron chi connectivity index (χ3n) is 5.51. The average molecular weight is 448 g/mol. The first-order valence-corrected chi connectivity index (χ1v) is 11.9. The van der Waals surface area contributed by atoms with Gasteiger partial charge in [-0.05, 0) is 63.9 Å². The quantitative estimate of drug-likeness (QED) is 0.376. The van der Waals surface area contributed by atoms with Gasteiger partial charge >= 0.3 is 0 Å². The van der Waals surface area contributed by atoms with Crippen LogP contribution in [0.5, 0.6) is 0 Å². The molecule has 32 heavy (non-hydrogen) atoms. The number of para-hydroxylation sites is 1. The van der Waals surface area contributed by atoms with Gasteiger partial charge in [-0.25, -0.2) is 0 Å². The summed E-state index contributed by atoms with van der Waals surface area (Å²) in [5.74, 6) is 0. The van der Waals surface area contributed by atoms with Crippen LogP contribution in [0.2, 0.25) is 0 Å². The zero-order valence-electron chi connectivity index (χ0n) is 19.2. The number of fused-ring (bicyclic) bond motifs is 1. The van der Waals surface area contributed by atoms with Gasteiger partial charge in [-0.2, -0.15) is 0 Å². The van der Waals surface area contributed by atoms with Crippen LogP contribution in [-0.2, 0) is 17.8 Å². The summed E-state index contributed by atoms with van der Waals surface area (Å²) in [6.45, 7) is 9.98. The van der Waals surface area contributed by atoms with Crippen LogP contribution in [-0.4, -0.2) is 19.4 Å². The molecule has 0 spiro atoms. The normalized spacial score (nSPS) is 13.9. The molecule has 2 aromatic carbocycles. The van der Waals surface area contributed by atoms with Crippen LogP contribution < -0.4 is 4.72 Å². The Morgan fingerprint density at radius 1 is 1.00 bits per heavy atom. The highest BCUT2D eigenvalue weighted by Crippen LogP contribution is 2.35. The van der Waals surface area contributed by atoms with Crippen molar-refractivity contribution in [3.8, 4) is 11.3 Å². The van der Waals surface area contributed by atoms with Crippen molar-refractivity contribution < 1.29 is 9.08 Å². The van der Waals surface area contributed by atoms with Gasteiger partial charge in [0, 0.05) is 40.1 Å². The Balaban J connectivity index is 1.82. The number of nitrogens with zero attached hydrogens (tertiary/aromatic N) is 2. The van der Waals surface area contributed by atoms with Crippen LogP contribution in [0, 0.1) is 13.8 Å². The van der Waals surface area contributed by atoms with Crippen molar-refractivity contribution in [2.24, 2.45) is 0 Å². The second-order valence-electron chi connectivity index (χ2n) is 9.09. The number of rotatable bonds is 6. The maximum Gasteiger partial charge on any atom is 0.167 e. The Kier molecular flexibility index (Phi) is 6.38. The first-order valence-electron chi connectivity index (χ1n) is 10.8. The average Bonchev–Trinajstić information content (AvgIpc) is 3.19. The lowest BCUT2D eigenvalue weighted by molar-refractivity contribution is 0.459. The highest BCUT2D eigenvalue weighted by Gasteiger charge is 2.32. The highest BCUT2D eigenvalue weighted by molar-refractivity contribution is 7.90. The molecule has 0 saturated heterocycles. The van der Waals surface area contributed by atoms with Crippen LogP contribution in [0.3, 0.4) is 0 Å². The molecule has 0 aliphatic heterocycles. The lowest BCUT2D eigenvalue weighted by atomic mass is 9.93. The minimum absolute atomic E-state index is 0.213. The van der Waals surface area contributed by atoms with E-state index in [4.69, 9.17) is 9.51 Å². The molecule has 0 aliphatic rings. The molecule has 0 radical (unpaired) electrons. The molecule has 1 N–H and O–H groups in total. The lowest BCUT2D eigenvalue weighted by Crippen LogP contribution is -2.42. The molecule has 0 saturated carbocycles. The molecule has 0 unspecified atom stereocenters. The van der Waals surface area contributed by atoms with Gasteiger partial charge in [-0.15, -0.1) is 4.72 Å². The van der Waals surface area contributed by atoms with E-state index in [0.717, 1.165) is 44.7 Å². The molecule has 0 fully saturated rings. The zero-order chi connectivity index (χ0) is 22.9. The van der Waals surface area contributed by atoms with Gasteiger partial charge < -0.3 is 9.08 Å². The van der Waals surface area contributed by atoms with Crippen molar-refractivity contribution in [1.82, 2.24) is 14.9 Å². The molecule has 166 valence electrons. The minimum atomic E-state index is -1.26. The van der Waals surface area contributed by atoms with E-state index in [-0.39, 0.29) is 6.04 Å². The molecule has 0 amide bonds. The second-order valence-corrected chi connectivity index (χ2v) is 11.1. The predicted molar refractivity (Wildman–Crippen MR) is 131 cm³/mol. The number of benzene rings is 2. The minimum Gasteiger partial charge on any atom is -0.598 e. The topological polar surface area (TPSA) is 74.0 Å². The molecule has 2 atom stereocenters. The molecule has 5 nitrogen and oxygen atoms in total. The molecule has 0 aliphatic carbocycles. The van der Waals surface area contributed by atoms with Crippen molar-refractivity contribution in [1.29, 1.82) is 0 Å². The summed E-state index contributed by atoms with van der Waals surface area (Å²) in [5, 5.41) is 5.34. The number of hydrogen-bond acceptors (Lipinski definition) is 5. The molecule has 0 bridgehead atoms. The van der Waals surface area contributed by atoms with Crippen molar-refractivity contribution in [3.05, 3.63) is 83.2 Å². The summed E-state index contributed by atoms with van der Waals surface area (Å²) in [4.78, 5) is 4.78. The third-order valence-corrected chi connectivity index (χ3v) is 7.12. The summed E-state index contributed by atoms with van der Waals surface area (Å²) >= 11 is -1.26. The summed E-state index contributed by atoms with van der Waals surface area (Å²) in [5.41, 5.74) is 6.60. The van der Waals surface area contributed by atoms with E-state index in [0.29, 0.717) is 6.42 Å². The summed E-state index contributed by atoms with van der Waals surface area (Å²) in [6, 6.07) is 19.9. The Bertz CT molecular complexity index is 1230. The molecular formula is C26H29N3O2S. The number of nitrogens with one attached hydrogen (secondary N) is 1. The maximum atomic E-state index is 13.1. The SMILES string of the molecule is Cc1ccc(C)c(C[C@H](N[S@@+]([O-])C(C)(C)C)c2ccccc2-c2noc3ccccc23)n1. The molecule has 2 aromatic heterocycles. The van der Waals surface area contributed by atoms with Gasteiger partial charge in [0.05, 0.1) is 6.04 Å². The fourth-order valence-corrected chi connectivity index (χ4v) is 4.52. The monoisotopic (exact) mass is 447 g/mol. The van der Waals surface area contributed by atoms with Crippen LogP contribution in [0.25, 0.3) is 22.2 Å². The van der Waals surface area contributed by atoms with E-state index in [2.05, 4.69) is 28.9 Å². The van der Waals surface area contributed by atoms with E-state index in [9.17, 15) is 4.55 Å². The van der Waals surface area contributed by atoms with E-state index in [1.54, 1.807) is 0 Å². The van der Waals surface area contributed by atoms with E-state index >= 15 is 0 Å². The summed E-state index contributed by atoms with van der Waals surface area (Å²) in [7, 11) is 0. The van der Waals surface area contributed by atoms with Gasteiger partial charge in [0.2, 0.25) is 0 Å². The van der Waals surface area contributed by atoms with Crippen molar-refractivity contribution in [2.45, 2.75) is 51.8 Å². The predicted octanol–water partition coefficient (Wildman–Crippen LogP) is 5.84. The first kappa shape index (κ1) is 22.5. The van der Waals surface area contributed by atoms with Crippen LogP contribution in [0.15, 0.2) is 65.2 Å². The van der Waals surface area contributed by atoms with Crippen LogP contribution >= 0.6 is 0 Å². The molecule has 6 heteroatoms. The molecule has 4 rings (SSSR count). The molecule has 2 heterocycles. The standard InChI is InChI=1S/C26H29N3O2S/c1-17-14-15-18(2)27-22(17)16-23(29-32(30)26(3,4)5)19-10-6-7-11-20(19)25-21-12-8-9-13-24(21)31-28-25/h6-15,23,29H,16H2,1-5H3/t23-,32-/m0/s1. The van der Waals surface area contributed by atoms with Crippen LogP contribution in [0.1, 0.15) is 49.3 Å². The fraction of sp³-hybridized carbons (Fsp3) is 0.308. The van der Waals surface area contributed by atoms with Gasteiger partial charge in [-0.3, -0.25) is 4.98 Å². The Labute approximate surface area is 192 Å². The Morgan fingerprint density at radius 3 is 2.50 bits per heavy atom. The van der Waals surface area contributed by atoms with Gasteiger partial charge in [0.1, 0.15) is 10.4 Å². The van der Waals surface area contributed by atoms with Gasteiger partial charge in [0.15, 0.2) is 5.58 Å². The second kappa shape index (κ2) is 9.06. The largest absolute Gasteiger partial charge is 0.598 e. The maximum absolute atomic E-state index is 13.1. The van der Waals surface area contributed by atoms with Gasteiger partial charge in [-0.1, -0.05) is 47.6 Å². The van der Waals surface area contributed by atoms with Crippen molar-refractivity contribution >= 4 is 22.3 Å². The first-order chi connectivity index (χ1) is 15.2. The Morgan fingerprint density at radius 2 is 1.72 bits per heavy atom. The number of aryl methyl sites for hydroxylation is 2. The van der Waals surface area contributed by atoms with E-state index < -0.39 is 16.1 Å².